The molecule has 0 bridgehead atoms. The Morgan fingerprint density at radius 2 is 1.44 bits per heavy atom. The first kappa shape index (κ1) is 6.89. The Kier molecular flexibility index (Phi) is 1.44. The lowest BCUT2D eigenvalue weighted by Gasteiger charge is -2.03. The van der Waals surface area contributed by atoms with E-state index in [1.165, 1.54) is 0 Å². The van der Waals surface area contributed by atoms with Crippen LogP contribution in [-0.2, 0) is 0 Å². The molecule has 0 heterocycles. The Morgan fingerprint density at radius 3 is 1.56 bits per heavy atom. The molecule has 0 aromatic carbocycles. The van der Waals surface area contributed by atoms with Crippen molar-refractivity contribution in [2.75, 3.05) is 0 Å². The molecule has 1 fully saturated rings. The van der Waals surface area contributed by atoms with E-state index in [1.807, 2.05) is 0 Å². The van der Waals surface area contributed by atoms with Gasteiger partial charge in [-0.3, -0.25) is 0 Å². The fourth-order valence-electron chi connectivity index (χ4n) is 0.967. The summed E-state index contributed by atoms with van der Waals surface area (Å²) in [7, 11) is 0. The van der Waals surface area contributed by atoms with Gasteiger partial charge >= 0.3 is 0 Å². The molecule has 1 rings (SSSR count). The molecule has 1 aliphatic carbocycles. The number of hydrogen-bond acceptors (Lipinski definition) is 2. The molecule has 1 aliphatic rings. The maximum absolute atomic E-state index is 12.1. The minimum absolute atomic E-state index is 0.603. The van der Waals surface area contributed by atoms with Crippen molar-refractivity contribution >= 4 is 0 Å². The van der Waals surface area contributed by atoms with Crippen LogP contribution in [0.2, 0.25) is 0 Å². The summed E-state index contributed by atoms with van der Waals surface area (Å²) in [5.74, 6) is -2.86. The molecule has 0 aromatic rings. The Balaban J connectivity index is 2.54. The van der Waals surface area contributed by atoms with Crippen molar-refractivity contribution in [2.24, 2.45) is 0 Å². The van der Waals surface area contributed by atoms with Crippen LogP contribution in [0.4, 0.5) is 8.78 Å². The van der Waals surface area contributed by atoms with Crippen molar-refractivity contribution in [3.05, 3.63) is 0 Å². The van der Waals surface area contributed by atoms with E-state index in [0.717, 1.165) is 0 Å². The predicted molar refractivity (Wildman–Crippen MR) is 26.2 cm³/mol. The molecule has 2 nitrogen and oxygen atoms in total. The zero-order valence-corrected chi connectivity index (χ0v) is 4.72. The maximum Gasteiger partial charge on any atom is 0.253 e. The summed E-state index contributed by atoms with van der Waals surface area (Å²) in [6.45, 7) is 0. The van der Waals surface area contributed by atoms with Crippen molar-refractivity contribution < 1.29 is 19.0 Å². The largest absolute Gasteiger partial charge is 0.390 e. The smallest absolute Gasteiger partial charge is 0.253 e. The summed E-state index contributed by atoms with van der Waals surface area (Å²) >= 11 is 0. The van der Waals surface area contributed by atoms with Gasteiger partial charge in [0.1, 0.15) is 0 Å². The molecule has 4 heteroatoms. The third-order valence-electron chi connectivity index (χ3n) is 1.46. The molecule has 0 radical (unpaired) electrons. The average molecular weight is 138 g/mol. The molecule has 2 atom stereocenters. The second-order valence-electron chi connectivity index (χ2n) is 2.40. The van der Waals surface area contributed by atoms with Crippen molar-refractivity contribution in [3.8, 4) is 0 Å². The Hall–Kier alpha value is -0.220. The first-order valence-corrected chi connectivity index (χ1v) is 2.75. The van der Waals surface area contributed by atoms with Gasteiger partial charge in [0, 0.05) is 12.8 Å². The van der Waals surface area contributed by atoms with Crippen LogP contribution < -0.4 is 0 Å². The number of hydrogen-bond donors (Lipinski definition) is 2. The van der Waals surface area contributed by atoms with Crippen LogP contribution in [0.3, 0.4) is 0 Å². The van der Waals surface area contributed by atoms with Gasteiger partial charge in [0.05, 0.1) is 12.2 Å². The van der Waals surface area contributed by atoms with Crippen LogP contribution in [0.25, 0.3) is 0 Å². The van der Waals surface area contributed by atoms with E-state index in [0.29, 0.717) is 0 Å². The summed E-state index contributed by atoms with van der Waals surface area (Å²) in [5.41, 5.74) is 0. The zero-order chi connectivity index (χ0) is 7.07. The van der Waals surface area contributed by atoms with Gasteiger partial charge in [-0.1, -0.05) is 0 Å². The van der Waals surface area contributed by atoms with Gasteiger partial charge in [-0.25, -0.2) is 8.78 Å². The summed E-state index contributed by atoms with van der Waals surface area (Å²) in [6, 6.07) is 0. The van der Waals surface area contributed by atoms with Crippen molar-refractivity contribution in [1.29, 1.82) is 0 Å². The maximum atomic E-state index is 12.1. The van der Waals surface area contributed by atoms with Gasteiger partial charge in [0.25, 0.3) is 5.92 Å². The number of halogens is 2. The highest BCUT2D eigenvalue weighted by Crippen LogP contribution is 2.34. The third-order valence-corrected chi connectivity index (χ3v) is 1.46. The lowest BCUT2D eigenvalue weighted by Crippen LogP contribution is -2.17. The molecular formula is C5H8F2O2. The third kappa shape index (κ3) is 1.37. The van der Waals surface area contributed by atoms with Crippen molar-refractivity contribution in [3.63, 3.8) is 0 Å². The van der Waals surface area contributed by atoms with E-state index < -0.39 is 31.0 Å². The van der Waals surface area contributed by atoms with E-state index in [9.17, 15) is 8.78 Å². The first-order chi connectivity index (χ1) is 4.01. The molecule has 0 unspecified atom stereocenters. The fourth-order valence-corrected chi connectivity index (χ4v) is 0.967. The molecule has 54 valence electrons. The summed E-state index contributed by atoms with van der Waals surface area (Å²) in [5, 5.41) is 17.2. The first-order valence-electron chi connectivity index (χ1n) is 2.75. The van der Waals surface area contributed by atoms with E-state index in [-0.39, 0.29) is 0 Å². The number of rotatable bonds is 0. The minimum atomic E-state index is -2.86. The summed E-state index contributed by atoms with van der Waals surface area (Å²) in [4.78, 5) is 0. The van der Waals surface area contributed by atoms with Crippen LogP contribution >= 0.6 is 0 Å². The minimum Gasteiger partial charge on any atom is -0.390 e. The highest BCUT2D eigenvalue weighted by atomic mass is 19.3. The summed E-state index contributed by atoms with van der Waals surface area (Å²) in [6.07, 6.45) is -3.68. The second kappa shape index (κ2) is 1.88. The van der Waals surface area contributed by atoms with Crippen LogP contribution in [0.15, 0.2) is 0 Å². The topological polar surface area (TPSA) is 40.5 Å². The lowest BCUT2D eigenvalue weighted by molar-refractivity contribution is -0.00550. The molecule has 0 saturated heterocycles. The van der Waals surface area contributed by atoms with Crippen LogP contribution in [-0.4, -0.2) is 28.3 Å². The predicted octanol–water partition coefficient (Wildman–Crippen LogP) is 0.137. The van der Waals surface area contributed by atoms with E-state index in [4.69, 9.17) is 10.2 Å². The molecule has 1 saturated carbocycles. The SMILES string of the molecule is O[C@@H]1CC(F)(F)C[C@@H]1O. The summed E-state index contributed by atoms with van der Waals surface area (Å²) < 4.78 is 24.3. The molecular weight excluding hydrogens is 130 g/mol. The number of aliphatic hydroxyl groups excluding tert-OH is 2. The van der Waals surface area contributed by atoms with Gasteiger partial charge in [-0.05, 0) is 0 Å². The second-order valence-corrected chi connectivity index (χ2v) is 2.40. The molecule has 0 aliphatic heterocycles. The standard InChI is InChI=1S/C5H8F2O2/c6-5(7)1-3(8)4(9)2-5/h3-4,8-9H,1-2H2/t3-,4+. The fraction of sp³-hybridized carbons (Fsp3) is 1.00. The molecule has 0 amide bonds. The highest BCUT2D eigenvalue weighted by molar-refractivity contribution is 4.87. The Labute approximate surface area is 51.1 Å². The van der Waals surface area contributed by atoms with E-state index in [1.54, 1.807) is 0 Å². The van der Waals surface area contributed by atoms with Gasteiger partial charge in [-0.2, -0.15) is 0 Å². The Bertz CT molecular complexity index is 104. The van der Waals surface area contributed by atoms with Crippen LogP contribution in [0.1, 0.15) is 12.8 Å². The average Bonchev–Trinajstić information content (AvgIpc) is 1.79. The van der Waals surface area contributed by atoms with E-state index >= 15 is 0 Å². The quantitative estimate of drug-likeness (QED) is 0.499. The molecule has 9 heavy (non-hydrogen) atoms. The van der Waals surface area contributed by atoms with Crippen molar-refractivity contribution in [1.82, 2.24) is 0 Å². The van der Waals surface area contributed by atoms with Gasteiger partial charge < -0.3 is 10.2 Å². The highest BCUT2D eigenvalue weighted by Gasteiger charge is 2.44. The number of aliphatic hydroxyl groups is 2. The Morgan fingerprint density at radius 1 is 1.11 bits per heavy atom. The van der Waals surface area contributed by atoms with Crippen LogP contribution in [0, 0.1) is 0 Å². The monoisotopic (exact) mass is 138 g/mol. The van der Waals surface area contributed by atoms with Crippen LogP contribution in [0.5, 0.6) is 0 Å². The van der Waals surface area contributed by atoms with E-state index in [2.05, 4.69) is 0 Å². The normalized spacial score (nSPS) is 41.3. The number of alkyl halides is 2. The van der Waals surface area contributed by atoms with Gasteiger partial charge in [-0.15, -0.1) is 0 Å². The molecule has 0 spiro atoms. The lowest BCUT2D eigenvalue weighted by atomic mass is 10.3. The molecule has 2 N–H and O–H groups in total. The van der Waals surface area contributed by atoms with Crippen molar-refractivity contribution in [2.45, 2.75) is 31.0 Å². The van der Waals surface area contributed by atoms with Gasteiger partial charge in [0.2, 0.25) is 0 Å². The molecule has 0 aromatic heterocycles. The zero-order valence-electron chi connectivity index (χ0n) is 4.72. The van der Waals surface area contributed by atoms with Gasteiger partial charge in [0.15, 0.2) is 0 Å².